The molecule has 0 saturated heterocycles. The van der Waals surface area contributed by atoms with Crippen molar-refractivity contribution in [2.45, 2.75) is 39.3 Å². The average molecular weight is 319 g/mol. The molecule has 0 aliphatic rings. The summed E-state index contributed by atoms with van der Waals surface area (Å²) in [7, 11) is -1.06. The highest BCUT2D eigenvalue weighted by atomic mass is 28.3. The number of pyridine rings is 1. The van der Waals surface area contributed by atoms with Gasteiger partial charge in [-0.25, -0.2) is 4.98 Å². The fourth-order valence-corrected chi connectivity index (χ4v) is 2.87. The highest BCUT2D eigenvalue weighted by Crippen LogP contribution is 2.15. The van der Waals surface area contributed by atoms with Crippen molar-refractivity contribution < 1.29 is 9.53 Å². The van der Waals surface area contributed by atoms with Crippen LogP contribution >= 0.6 is 0 Å². The largest absolute Gasteiger partial charge is 0.361 e. The van der Waals surface area contributed by atoms with Crippen LogP contribution in [0.5, 0.6) is 0 Å². The quantitative estimate of drug-likeness (QED) is 0.630. The molecule has 120 valence electrons. The Morgan fingerprint density at radius 2 is 2.18 bits per heavy atom. The van der Waals surface area contributed by atoms with E-state index in [1.54, 1.807) is 6.20 Å². The number of nitrogens with zero attached hydrogens (tertiary/aromatic N) is 2. The van der Waals surface area contributed by atoms with E-state index < -0.39 is 8.07 Å². The molecule has 0 atom stereocenters. The van der Waals surface area contributed by atoms with Crippen molar-refractivity contribution >= 4 is 25.0 Å². The van der Waals surface area contributed by atoms with Crippen molar-refractivity contribution in [3.05, 3.63) is 30.1 Å². The Morgan fingerprint density at radius 1 is 1.41 bits per heavy atom. The number of carbonyl (C=O) groups excluding carboxylic acids is 1. The number of aromatic nitrogens is 2. The molecule has 0 aliphatic heterocycles. The number of ether oxygens (including phenoxy) is 1. The fourth-order valence-electron chi connectivity index (χ4n) is 2.11. The van der Waals surface area contributed by atoms with E-state index in [0.29, 0.717) is 18.8 Å². The monoisotopic (exact) mass is 319 g/mol. The summed E-state index contributed by atoms with van der Waals surface area (Å²) in [5.41, 5.74) is 1.44. The van der Waals surface area contributed by atoms with E-state index in [0.717, 1.165) is 23.7 Å². The maximum absolute atomic E-state index is 11.8. The van der Waals surface area contributed by atoms with Gasteiger partial charge in [0.05, 0.1) is 5.56 Å². The van der Waals surface area contributed by atoms with Crippen LogP contribution in [0.15, 0.2) is 24.5 Å². The molecular weight excluding hydrogens is 294 g/mol. The molecule has 0 spiro atoms. The van der Waals surface area contributed by atoms with Gasteiger partial charge in [0.15, 0.2) is 0 Å². The Hall–Kier alpha value is -1.66. The minimum Gasteiger partial charge on any atom is -0.361 e. The van der Waals surface area contributed by atoms with Gasteiger partial charge in [0, 0.05) is 39.0 Å². The lowest BCUT2D eigenvalue weighted by Gasteiger charge is -2.15. The van der Waals surface area contributed by atoms with Crippen LogP contribution < -0.4 is 5.32 Å². The van der Waals surface area contributed by atoms with E-state index in [1.165, 1.54) is 0 Å². The summed E-state index contributed by atoms with van der Waals surface area (Å²) in [6.45, 7) is 10.8. The van der Waals surface area contributed by atoms with Crippen LogP contribution in [-0.4, -0.2) is 36.7 Å². The minimum atomic E-state index is -1.06. The van der Waals surface area contributed by atoms with Crippen molar-refractivity contribution in [2.75, 3.05) is 13.2 Å². The lowest BCUT2D eigenvalue weighted by atomic mass is 10.2. The molecule has 0 aromatic carbocycles. The van der Waals surface area contributed by atoms with Crippen molar-refractivity contribution in [1.82, 2.24) is 14.9 Å². The molecule has 2 heterocycles. The lowest BCUT2D eigenvalue weighted by molar-refractivity contribution is 0.0899. The van der Waals surface area contributed by atoms with E-state index in [4.69, 9.17) is 4.74 Å². The standard InChI is InChI=1S/C16H25N3O2Si/c1-5-17-16(20)14-10-13-6-7-19(15(13)18-11-14)12-21-8-9-22(2,3)4/h6-7,10-11H,5,8-9,12H2,1-4H3,(H,17,20). The van der Waals surface area contributed by atoms with E-state index in [-0.39, 0.29) is 5.91 Å². The van der Waals surface area contributed by atoms with Gasteiger partial charge in [-0.05, 0) is 25.1 Å². The molecule has 2 rings (SSSR count). The molecule has 0 saturated carbocycles. The van der Waals surface area contributed by atoms with Crippen LogP contribution in [0, 0.1) is 0 Å². The molecule has 22 heavy (non-hydrogen) atoms. The Kier molecular flexibility index (Phi) is 5.36. The maximum Gasteiger partial charge on any atom is 0.252 e. The first-order chi connectivity index (χ1) is 10.4. The molecule has 2 aromatic rings. The van der Waals surface area contributed by atoms with Gasteiger partial charge in [0.1, 0.15) is 12.4 Å². The SMILES string of the molecule is CCNC(=O)c1cnc2c(ccn2COCC[Si](C)(C)C)c1. The van der Waals surface area contributed by atoms with Gasteiger partial charge in [0.25, 0.3) is 5.91 Å². The Labute approximate surface area is 132 Å². The molecule has 0 radical (unpaired) electrons. The lowest BCUT2D eigenvalue weighted by Crippen LogP contribution is -2.22. The molecule has 0 aliphatic carbocycles. The number of carbonyl (C=O) groups is 1. The zero-order valence-electron chi connectivity index (χ0n) is 13.8. The van der Waals surface area contributed by atoms with Crippen molar-refractivity contribution in [3.63, 3.8) is 0 Å². The third-order valence-electron chi connectivity index (χ3n) is 3.43. The van der Waals surface area contributed by atoms with Gasteiger partial charge in [0.2, 0.25) is 0 Å². The second-order valence-corrected chi connectivity index (χ2v) is 12.3. The maximum atomic E-state index is 11.8. The van der Waals surface area contributed by atoms with Crippen molar-refractivity contribution in [3.8, 4) is 0 Å². The number of nitrogens with one attached hydrogen (secondary N) is 1. The molecule has 1 N–H and O–H groups in total. The predicted molar refractivity (Wildman–Crippen MR) is 91.8 cm³/mol. The number of hydrogen-bond donors (Lipinski definition) is 1. The first kappa shape index (κ1) is 16.7. The Bertz CT molecular complexity index is 646. The van der Waals surface area contributed by atoms with Crippen molar-refractivity contribution in [2.24, 2.45) is 0 Å². The number of hydrogen-bond acceptors (Lipinski definition) is 3. The van der Waals surface area contributed by atoms with Crippen LogP contribution in [-0.2, 0) is 11.5 Å². The van der Waals surface area contributed by atoms with E-state index in [9.17, 15) is 4.79 Å². The van der Waals surface area contributed by atoms with E-state index >= 15 is 0 Å². The van der Waals surface area contributed by atoms with E-state index in [2.05, 4.69) is 29.9 Å². The van der Waals surface area contributed by atoms with Gasteiger partial charge in [-0.3, -0.25) is 4.79 Å². The van der Waals surface area contributed by atoms with Crippen molar-refractivity contribution in [1.29, 1.82) is 0 Å². The summed E-state index contributed by atoms with van der Waals surface area (Å²) in [4.78, 5) is 16.2. The van der Waals surface area contributed by atoms with Gasteiger partial charge < -0.3 is 14.6 Å². The molecule has 2 aromatic heterocycles. The highest BCUT2D eigenvalue weighted by Gasteiger charge is 2.12. The molecule has 6 heteroatoms. The zero-order valence-corrected chi connectivity index (χ0v) is 14.8. The first-order valence-electron chi connectivity index (χ1n) is 7.71. The summed E-state index contributed by atoms with van der Waals surface area (Å²) >= 11 is 0. The zero-order chi connectivity index (χ0) is 16.2. The van der Waals surface area contributed by atoms with Gasteiger partial charge in [-0.1, -0.05) is 19.6 Å². The Balaban J connectivity index is 2.02. The molecule has 5 nitrogen and oxygen atoms in total. The molecule has 1 amide bonds. The topological polar surface area (TPSA) is 56.2 Å². The highest BCUT2D eigenvalue weighted by molar-refractivity contribution is 6.76. The number of rotatable bonds is 7. The Morgan fingerprint density at radius 3 is 2.86 bits per heavy atom. The van der Waals surface area contributed by atoms with Gasteiger partial charge in [-0.15, -0.1) is 0 Å². The van der Waals surface area contributed by atoms with Crippen LogP contribution in [0.2, 0.25) is 25.7 Å². The summed E-state index contributed by atoms with van der Waals surface area (Å²) in [5.74, 6) is -0.0870. The summed E-state index contributed by atoms with van der Waals surface area (Å²) in [6.07, 6.45) is 3.57. The third kappa shape index (κ3) is 4.41. The summed E-state index contributed by atoms with van der Waals surface area (Å²) in [5, 5.41) is 3.74. The molecule has 0 bridgehead atoms. The number of fused-ring (bicyclic) bond motifs is 1. The van der Waals surface area contributed by atoms with Gasteiger partial charge >= 0.3 is 0 Å². The van der Waals surface area contributed by atoms with Gasteiger partial charge in [-0.2, -0.15) is 0 Å². The first-order valence-corrected chi connectivity index (χ1v) is 11.4. The molecule has 0 fully saturated rings. The van der Waals surface area contributed by atoms with Crippen LogP contribution in [0.4, 0.5) is 0 Å². The van der Waals surface area contributed by atoms with E-state index in [1.807, 2.05) is 29.8 Å². The predicted octanol–water partition coefficient (Wildman–Crippen LogP) is 3.10. The number of amides is 1. The smallest absolute Gasteiger partial charge is 0.252 e. The van der Waals surface area contributed by atoms with Crippen LogP contribution in [0.25, 0.3) is 11.0 Å². The second-order valence-electron chi connectivity index (χ2n) is 6.63. The molecular formula is C16H25N3O2Si. The third-order valence-corrected chi connectivity index (χ3v) is 5.13. The normalized spacial score (nSPS) is 11.8. The van der Waals surface area contributed by atoms with Crippen LogP contribution in [0.3, 0.4) is 0 Å². The fraction of sp³-hybridized carbons (Fsp3) is 0.500. The second kappa shape index (κ2) is 7.06. The average Bonchev–Trinajstić information content (AvgIpc) is 2.85. The summed E-state index contributed by atoms with van der Waals surface area (Å²) < 4.78 is 7.73. The summed E-state index contributed by atoms with van der Waals surface area (Å²) in [6, 6.07) is 4.99. The minimum absolute atomic E-state index is 0.0870. The molecule has 0 unspecified atom stereocenters. The van der Waals surface area contributed by atoms with Crippen LogP contribution in [0.1, 0.15) is 17.3 Å².